The molecule has 0 radical (unpaired) electrons. The Morgan fingerprint density at radius 1 is 1.12 bits per heavy atom. The average molecular weight is 332 g/mol. The summed E-state index contributed by atoms with van der Waals surface area (Å²) in [6.07, 6.45) is 0. The summed E-state index contributed by atoms with van der Waals surface area (Å²) in [7, 11) is 0. The first kappa shape index (κ1) is 15.1. The molecule has 0 saturated heterocycles. The van der Waals surface area contributed by atoms with Crippen LogP contribution in [0.15, 0.2) is 54.6 Å². The Morgan fingerprint density at radius 2 is 1.84 bits per heavy atom. The maximum absolute atomic E-state index is 13.3. The van der Waals surface area contributed by atoms with Gasteiger partial charge in [0.1, 0.15) is 11.7 Å². The second kappa shape index (κ2) is 5.87. The van der Waals surface area contributed by atoms with E-state index >= 15 is 0 Å². The van der Waals surface area contributed by atoms with Crippen molar-refractivity contribution in [3.05, 3.63) is 71.5 Å². The van der Waals surface area contributed by atoms with Gasteiger partial charge in [-0.1, -0.05) is 42.5 Å². The zero-order valence-electron chi connectivity index (χ0n) is 13.0. The lowest BCUT2D eigenvalue weighted by atomic mass is 9.79. The number of halogens is 1. The van der Waals surface area contributed by atoms with Gasteiger partial charge in [-0.05, 0) is 23.3 Å². The summed E-state index contributed by atoms with van der Waals surface area (Å²) in [6.45, 7) is 0. The third-order valence-electron chi connectivity index (χ3n) is 4.33. The van der Waals surface area contributed by atoms with Crippen molar-refractivity contribution in [2.75, 3.05) is 0 Å². The van der Waals surface area contributed by atoms with Crippen molar-refractivity contribution >= 4 is 5.90 Å². The molecule has 0 amide bonds. The number of ether oxygens (including phenoxy) is 1. The topological polar surface area (TPSA) is 85.6 Å². The standard InChI is InChI=1S/C19H13FN4O/c20-13-8-6-11(7-9-13)15-14(10-21)18(22)25-19-16(15)17(23-24-19)12-4-2-1-3-5-12/h1-9,14-15,22H,(H,23,24). The van der Waals surface area contributed by atoms with Crippen LogP contribution in [0, 0.1) is 28.5 Å². The number of aromatic amines is 1. The fourth-order valence-electron chi connectivity index (χ4n) is 3.17. The molecule has 0 bridgehead atoms. The van der Waals surface area contributed by atoms with Crippen LogP contribution in [-0.2, 0) is 0 Å². The van der Waals surface area contributed by atoms with Crippen LogP contribution in [0.1, 0.15) is 17.0 Å². The minimum atomic E-state index is -0.807. The zero-order chi connectivity index (χ0) is 17.4. The van der Waals surface area contributed by atoms with E-state index in [0.717, 1.165) is 16.8 Å². The van der Waals surface area contributed by atoms with E-state index in [4.69, 9.17) is 10.1 Å². The number of nitrogens with zero attached hydrogens (tertiary/aromatic N) is 2. The van der Waals surface area contributed by atoms with Gasteiger partial charge in [-0.2, -0.15) is 5.26 Å². The number of fused-ring (bicyclic) bond motifs is 1. The molecule has 1 aliphatic heterocycles. The van der Waals surface area contributed by atoms with E-state index < -0.39 is 11.8 Å². The summed E-state index contributed by atoms with van der Waals surface area (Å²) in [5.74, 6) is -1.50. The minimum absolute atomic E-state index is 0.157. The Labute approximate surface area is 143 Å². The molecule has 2 unspecified atom stereocenters. The predicted octanol–water partition coefficient (Wildman–Crippen LogP) is 3.86. The maximum Gasteiger partial charge on any atom is 0.244 e. The number of hydrogen-bond donors (Lipinski definition) is 2. The molecule has 2 heterocycles. The van der Waals surface area contributed by atoms with Crippen molar-refractivity contribution in [2.45, 2.75) is 5.92 Å². The lowest BCUT2D eigenvalue weighted by Gasteiger charge is -2.28. The highest BCUT2D eigenvalue weighted by Gasteiger charge is 2.40. The van der Waals surface area contributed by atoms with Crippen LogP contribution < -0.4 is 4.74 Å². The van der Waals surface area contributed by atoms with Gasteiger partial charge in [0.05, 0.1) is 17.3 Å². The van der Waals surface area contributed by atoms with Gasteiger partial charge in [0.25, 0.3) is 0 Å². The molecule has 1 aliphatic rings. The largest absolute Gasteiger partial charge is 0.422 e. The van der Waals surface area contributed by atoms with Gasteiger partial charge in [0.15, 0.2) is 0 Å². The first-order chi connectivity index (χ1) is 12.2. The molecular formula is C19H13FN4O. The van der Waals surface area contributed by atoms with Crippen LogP contribution in [0.3, 0.4) is 0 Å². The van der Waals surface area contributed by atoms with Gasteiger partial charge in [-0.3, -0.25) is 10.5 Å². The highest BCUT2D eigenvalue weighted by Crippen LogP contribution is 2.45. The lowest BCUT2D eigenvalue weighted by molar-refractivity contribution is 0.437. The molecule has 3 aromatic rings. The van der Waals surface area contributed by atoms with Gasteiger partial charge in [-0.15, -0.1) is 5.10 Å². The lowest BCUT2D eigenvalue weighted by Crippen LogP contribution is -2.30. The summed E-state index contributed by atoms with van der Waals surface area (Å²) < 4.78 is 18.8. The molecule has 4 rings (SSSR count). The SMILES string of the molecule is N#CC1C(=N)Oc2n[nH]c(-c3ccccc3)c2C1c1ccc(F)cc1. The molecule has 0 aliphatic carbocycles. The minimum Gasteiger partial charge on any atom is -0.422 e. The van der Waals surface area contributed by atoms with E-state index in [1.807, 2.05) is 30.3 Å². The number of rotatable bonds is 2. The quantitative estimate of drug-likeness (QED) is 0.747. The van der Waals surface area contributed by atoms with Crippen molar-refractivity contribution in [3.63, 3.8) is 0 Å². The van der Waals surface area contributed by atoms with Gasteiger partial charge >= 0.3 is 0 Å². The Morgan fingerprint density at radius 3 is 2.52 bits per heavy atom. The van der Waals surface area contributed by atoms with Gasteiger partial charge in [0, 0.05) is 5.92 Å². The van der Waals surface area contributed by atoms with E-state index in [1.54, 1.807) is 12.1 Å². The summed E-state index contributed by atoms with van der Waals surface area (Å²) >= 11 is 0. The van der Waals surface area contributed by atoms with Gasteiger partial charge in [0.2, 0.25) is 11.8 Å². The smallest absolute Gasteiger partial charge is 0.244 e. The molecule has 1 aromatic heterocycles. The van der Waals surface area contributed by atoms with E-state index in [9.17, 15) is 9.65 Å². The molecule has 2 aromatic carbocycles. The second-order valence-electron chi connectivity index (χ2n) is 5.79. The van der Waals surface area contributed by atoms with E-state index in [1.165, 1.54) is 12.1 Å². The monoisotopic (exact) mass is 332 g/mol. The van der Waals surface area contributed by atoms with Crippen LogP contribution in [-0.4, -0.2) is 16.1 Å². The zero-order valence-corrected chi connectivity index (χ0v) is 13.0. The number of nitrogens with one attached hydrogen (secondary N) is 2. The van der Waals surface area contributed by atoms with Crippen LogP contribution in [0.4, 0.5) is 4.39 Å². The maximum atomic E-state index is 13.3. The second-order valence-corrected chi connectivity index (χ2v) is 5.79. The molecule has 2 N–H and O–H groups in total. The van der Waals surface area contributed by atoms with E-state index in [-0.39, 0.29) is 17.6 Å². The Bertz CT molecular complexity index is 973. The van der Waals surface area contributed by atoms with E-state index in [0.29, 0.717) is 5.56 Å². The van der Waals surface area contributed by atoms with Crippen LogP contribution >= 0.6 is 0 Å². The Balaban J connectivity index is 1.94. The van der Waals surface area contributed by atoms with Crippen molar-refractivity contribution in [1.29, 1.82) is 10.7 Å². The number of aromatic nitrogens is 2. The van der Waals surface area contributed by atoms with E-state index in [2.05, 4.69) is 16.3 Å². The van der Waals surface area contributed by atoms with Crippen molar-refractivity contribution in [1.82, 2.24) is 10.2 Å². The van der Waals surface area contributed by atoms with Crippen molar-refractivity contribution < 1.29 is 9.13 Å². The summed E-state index contributed by atoms with van der Waals surface area (Å²) in [4.78, 5) is 0. The molecule has 6 heteroatoms. The van der Waals surface area contributed by atoms with Crippen molar-refractivity contribution in [3.8, 4) is 23.2 Å². The third-order valence-corrected chi connectivity index (χ3v) is 4.33. The van der Waals surface area contributed by atoms with Crippen molar-refractivity contribution in [2.24, 2.45) is 5.92 Å². The number of hydrogen-bond acceptors (Lipinski definition) is 4. The first-order valence-electron chi connectivity index (χ1n) is 7.74. The molecule has 122 valence electrons. The summed E-state index contributed by atoms with van der Waals surface area (Å²) in [5.41, 5.74) is 3.08. The molecular weight excluding hydrogens is 319 g/mol. The number of benzene rings is 2. The number of H-pyrrole nitrogens is 1. The molecule has 0 spiro atoms. The normalized spacial score (nSPS) is 19.0. The molecule has 2 atom stereocenters. The number of nitriles is 1. The molecule has 0 fully saturated rings. The summed E-state index contributed by atoms with van der Waals surface area (Å²) in [6, 6.07) is 17.7. The van der Waals surface area contributed by atoms with Crippen LogP contribution in [0.25, 0.3) is 11.3 Å². The van der Waals surface area contributed by atoms with Gasteiger partial charge in [-0.25, -0.2) is 4.39 Å². The molecule has 0 saturated carbocycles. The highest BCUT2D eigenvalue weighted by molar-refractivity contribution is 5.86. The Kier molecular flexibility index (Phi) is 3.55. The summed E-state index contributed by atoms with van der Waals surface area (Å²) in [5, 5.41) is 24.8. The average Bonchev–Trinajstić information content (AvgIpc) is 3.05. The fraction of sp³-hybridized carbons (Fsp3) is 0.105. The fourth-order valence-corrected chi connectivity index (χ4v) is 3.17. The van der Waals surface area contributed by atoms with Gasteiger partial charge < -0.3 is 4.74 Å². The van der Waals surface area contributed by atoms with Crippen LogP contribution in [0.2, 0.25) is 0 Å². The predicted molar refractivity (Wildman–Crippen MR) is 89.7 cm³/mol. The van der Waals surface area contributed by atoms with Crippen LogP contribution in [0.5, 0.6) is 5.88 Å². The third kappa shape index (κ3) is 2.46. The highest BCUT2D eigenvalue weighted by atomic mass is 19.1. The molecule has 5 nitrogen and oxygen atoms in total. The molecule has 25 heavy (non-hydrogen) atoms. The first-order valence-corrected chi connectivity index (χ1v) is 7.74. The Hall–Kier alpha value is -3.46.